The van der Waals surface area contributed by atoms with Crippen LogP contribution in [0.15, 0.2) is 114 Å². The van der Waals surface area contributed by atoms with E-state index in [1.807, 2.05) is 30.5 Å². The maximum atomic E-state index is 5.02. The minimum atomic E-state index is 0.787. The maximum Gasteiger partial charge on any atom is 0.0960 e. The summed E-state index contributed by atoms with van der Waals surface area (Å²) in [7, 11) is 0. The summed E-state index contributed by atoms with van der Waals surface area (Å²) in [6.07, 6.45) is 6.33. The smallest absolute Gasteiger partial charge is 0.0960 e. The van der Waals surface area contributed by atoms with E-state index >= 15 is 0 Å². The molecule has 2 nitrogen and oxygen atoms in total. The number of rotatable bonds is 6. The van der Waals surface area contributed by atoms with Crippen molar-refractivity contribution in [1.29, 1.82) is 0 Å². The number of nitrogens with zero attached hydrogens (tertiary/aromatic N) is 2. The minimum absolute atomic E-state index is 0.787. The van der Waals surface area contributed by atoms with Crippen molar-refractivity contribution in [3.63, 3.8) is 0 Å². The first kappa shape index (κ1) is 20.7. The van der Waals surface area contributed by atoms with Gasteiger partial charge in [-0.15, -0.1) is 0 Å². The Kier molecular flexibility index (Phi) is 5.99. The molecule has 0 spiro atoms. The summed E-state index contributed by atoms with van der Waals surface area (Å²) < 4.78 is 2.38. The van der Waals surface area contributed by atoms with E-state index in [0.29, 0.717) is 0 Å². The fourth-order valence-electron chi connectivity index (χ4n) is 4.13. The third-order valence-corrected chi connectivity index (χ3v) is 5.79. The molecule has 0 unspecified atom stereocenters. The van der Waals surface area contributed by atoms with Gasteiger partial charge in [-0.3, -0.25) is 4.99 Å². The third-order valence-electron chi connectivity index (χ3n) is 5.79. The largest absolute Gasteiger partial charge is 0.335 e. The van der Waals surface area contributed by atoms with Gasteiger partial charge in [0.15, 0.2) is 0 Å². The molecule has 0 fully saturated rings. The highest BCUT2D eigenvalue weighted by Gasteiger charge is 2.15. The molecule has 0 aliphatic carbocycles. The lowest BCUT2D eigenvalue weighted by Gasteiger charge is -2.09. The second-order valence-corrected chi connectivity index (χ2v) is 8.24. The van der Waals surface area contributed by atoms with Crippen molar-refractivity contribution >= 4 is 35.0 Å². The van der Waals surface area contributed by atoms with E-state index < -0.39 is 0 Å². The van der Waals surface area contributed by atoms with Crippen molar-refractivity contribution in [1.82, 2.24) is 4.57 Å². The van der Waals surface area contributed by atoms with Crippen LogP contribution < -0.4 is 0 Å². The Hall–Kier alpha value is -4.17. The molecule has 0 saturated carbocycles. The van der Waals surface area contributed by atoms with Gasteiger partial charge in [-0.25, -0.2) is 0 Å². The van der Waals surface area contributed by atoms with Crippen molar-refractivity contribution in [2.45, 2.75) is 13.5 Å². The van der Waals surface area contributed by atoms with E-state index in [-0.39, 0.29) is 0 Å². The molecule has 1 aromatic heterocycles. The van der Waals surface area contributed by atoms with Gasteiger partial charge in [0, 0.05) is 18.1 Å². The van der Waals surface area contributed by atoms with Gasteiger partial charge < -0.3 is 4.57 Å². The van der Waals surface area contributed by atoms with Crippen LogP contribution in [0.1, 0.15) is 27.9 Å². The predicted octanol–water partition coefficient (Wildman–Crippen LogP) is 7.92. The number of hydrogen-bond donors (Lipinski definition) is 0. The lowest BCUT2D eigenvalue weighted by Crippen LogP contribution is -2.01. The molecular formula is C31H26N2. The third kappa shape index (κ3) is 4.70. The SMILES string of the molecule is Cc1ccc2c(c1)c(N=Cc1ccccc1)c(/C=C/c1ccccc1)n2Cc1ccccc1. The van der Waals surface area contributed by atoms with E-state index in [1.54, 1.807) is 0 Å². The van der Waals surface area contributed by atoms with Gasteiger partial charge in [0.25, 0.3) is 0 Å². The predicted molar refractivity (Wildman–Crippen MR) is 141 cm³/mol. The Balaban J connectivity index is 1.70. The molecule has 0 N–H and O–H groups in total. The first-order valence-electron chi connectivity index (χ1n) is 11.3. The summed E-state index contributed by atoms with van der Waals surface area (Å²) in [4.78, 5) is 5.02. The summed E-state index contributed by atoms with van der Waals surface area (Å²) in [5, 5.41) is 1.17. The Morgan fingerprint density at radius 2 is 1.33 bits per heavy atom. The van der Waals surface area contributed by atoms with Gasteiger partial charge >= 0.3 is 0 Å². The molecule has 33 heavy (non-hydrogen) atoms. The molecule has 0 atom stereocenters. The van der Waals surface area contributed by atoms with Crippen molar-refractivity contribution in [3.05, 3.63) is 137 Å². The molecule has 4 aromatic carbocycles. The lowest BCUT2D eigenvalue weighted by molar-refractivity contribution is 0.828. The van der Waals surface area contributed by atoms with E-state index in [2.05, 4.69) is 109 Å². The van der Waals surface area contributed by atoms with Crippen LogP contribution in [0.4, 0.5) is 5.69 Å². The van der Waals surface area contributed by atoms with E-state index in [1.165, 1.54) is 27.6 Å². The summed E-state index contributed by atoms with van der Waals surface area (Å²) in [5.74, 6) is 0. The summed E-state index contributed by atoms with van der Waals surface area (Å²) in [6, 6.07) is 37.9. The summed E-state index contributed by atoms with van der Waals surface area (Å²) in [6.45, 7) is 2.92. The van der Waals surface area contributed by atoms with E-state index in [9.17, 15) is 0 Å². The number of aromatic nitrogens is 1. The van der Waals surface area contributed by atoms with Gasteiger partial charge in [0.2, 0.25) is 0 Å². The molecule has 5 aromatic rings. The van der Waals surface area contributed by atoms with Crippen LogP contribution in [-0.4, -0.2) is 10.8 Å². The van der Waals surface area contributed by atoms with Crippen LogP contribution in [0.5, 0.6) is 0 Å². The van der Waals surface area contributed by atoms with Crippen LogP contribution in [0, 0.1) is 6.92 Å². The molecule has 1 heterocycles. The molecule has 0 saturated heterocycles. The average Bonchev–Trinajstić information content (AvgIpc) is 3.14. The zero-order chi connectivity index (χ0) is 22.5. The normalized spacial score (nSPS) is 11.7. The highest BCUT2D eigenvalue weighted by molar-refractivity contribution is 6.00. The monoisotopic (exact) mass is 426 g/mol. The van der Waals surface area contributed by atoms with Crippen LogP contribution in [0.25, 0.3) is 23.1 Å². The van der Waals surface area contributed by atoms with E-state index in [0.717, 1.165) is 23.5 Å². The van der Waals surface area contributed by atoms with E-state index in [4.69, 9.17) is 4.99 Å². The van der Waals surface area contributed by atoms with Crippen LogP contribution >= 0.6 is 0 Å². The Labute approximate surface area is 195 Å². The topological polar surface area (TPSA) is 17.3 Å². The number of benzene rings is 4. The van der Waals surface area contributed by atoms with Crippen LogP contribution in [0.3, 0.4) is 0 Å². The van der Waals surface area contributed by atoms with Crippen LogP contribution in [-0.2, 0) is 6.54 Å². The number of hydrogen-bond acceptors (Lipinski definition) is 1. The molecule has 2 heteroatoms. The Morgan fingerprint density at radius 1 is 0.697 bits per heavy atom. The van der Waals surface area contributed by atoms with Crippen LogP contribution in [0.2, 0.25) is 0 Å². The fraction of sp³-hybridized carbons (Fsp3) is 0.0645. The van der Waals surface area contributed by atoms with Crippen molar-refractivity contribution in [3.8, 4) is 0 Å². The number of fused-ring (bicyclic) bond motifs is 1. The molecule has 0 aliphatic heterocycles. The molecule has 5 rings (SSSR count). The molecule has 0 amide bonds. The zero-order valence-electron chi connectivity index (χ0n) is 18.7. The molecule has 0 bridgehead atoms. The van der Waals surface area contributed by atoms with Crippen molar-refractivity contribution in [2.24, 2.45) is 4.99 Å². The lowest BCUT2D eigenvalue weighted by atomic mass is 10.1. The quantitative estimate of drug-likeness (QED) is 0.245. The molecule has 160 valence electrons. The zero-order valence-corrected chi connectivity index (χ0v) is 18.7. The highest BCUT2D eigenvalue weighted by Crippen LogP contribution is 2.36. The van der Waals surface area contributed by atoms with Gasteiger partial charge in [0.1, 0.15) is 0 Å². The van der Waals surface area contributed by atoms with Gasteiger partial charge in [-0.05, 0) is 41.8 Å². The highest BCUT2D eigenvalue weighted by atomic mass is 15.0. The number of aryl methyl sites for hydroxylation is 1. The molecular weight excluding hydrogens is 400 g/mol. The Bertz CT molecular complexity index is 1410. The molecule has 0 radical (unpaired) electrons. The second kappa shape index (κ2) is 9.54. The second-order valence-electron chi connectivity index (χ2n) is 8.24. The summed E-state index contributed by atoms with van der Waals surface area (Å²) in [5.41, 5.74) is 8.06. The van der Waals surface area contributed by atoms with Gasteiger partial charge in [-0.2, -0.15) is 0 Å². The first-order chi connectivity index (χ1) is 16.3. The van der Waals surface area contributed by atoms with Crippen molar-refractivity contribution < 1.29 is 0 Å². The maximum absolute atomic E-state index is 5.02. The fourth-order valence-corrected chi connectivity index (χ4v) is 4.13. The van der Waals surface area contributed by atoms with Crippen molar-refractivity contribution in [2.75, 3.05) is 0 Å². The molecule has 0 aliphatic rings. The summed E-state index contributed by atoms with van der Waals surface area (Å²) >= 11 is 0. The first-order valence-corrected chi connectivity index (χ1v) is 11.3. The standard InChI is InChI=1S/C31H26N2/c1-24-17-19-29-28(21-24)31(32-22-26-13-7-3-8-14-26)30(20-18-25-11-5-2-6-12-25)33(29)23-27-15-9-4-10-16-27/h2-22H,23H2,1H3/b20-18+,32-22?. The van der Waals surface area contributed by atoms with Gasteiger partial charge in [-0.1, -0.05) is 109 Å². The average molecular weight is 427 g/mol. The number of aliphatic imine (C=N–C) groups is 1. The van der Waals surface area contributed by atoms with Gasteiger partial charge in [0.05, 0.1) is 16.9 Å². The minimum Gasteiger partial charge on any atom is -0.335 e. The Morgan fingerprint density at radius 3 is 2.03 bits per heavy atom.